The first-order valence-electron chi connectivity index (χ1n) is 10.5. The van der Waals surface area contributed by atoms with Gasteiger partial charge in [0.2, 0.25) is 11.8 Å². The SMILES string of the molecule is O=C(NC1CCCCC1)C1CC=C[C@@H]2CCN(Cc3ccccc3)C(=O)[C@H]12. The van der Waals surface area contributed by atoms with Crippen LogP contribution in [0.4, 0.5) is 0 Å². The fourth-order valence-electron chi connectivity index (χ4n) is 5.01. The van der Waals surface area contributed by atoms with E-state index in [-0.39, 0.29) is 29.6 Å². The van der Waals surface area contributed by atoms with Crippen LogP contribution in [0.3, 0.4) is 0 Å². The number of benzene rings is 1. The maximum atomic E-state index is 13.3. The molecule has 0 spiro atoms. The molecule has 144 valence electrons. The average Bonchev–Trinajstić information content (AvgIpc) is 2.71. The molecule has 1 heterocycles. The predicted molar refractivity (Wildman–Crippen MR) is 106 cm³/mol. The lowest BCUT2D eigenvalue weighted by atomic mass is 9.71. The molecule has 0 aromatic heterocycles. The quantitative estimate of drug-likeness (QED) is 0.827. The summed E-state index contributed by atoms with van der Waals surface area (Å²) < 4.78 is 0. The second-order valence-corrected chi connectivity index (χ2v) is 8.34. The van der Waals surface area contributed by atoms with E-state index in [4.69, 9.17) is 0 Å². The van der Waals surface area contributed by atoms with Crippen molar-refractivity contribution in [1.29, 1.82) is 0 Å². The van der Waals surface area contributed by atoms with Crippen molar-refractivity contribution in [3.8, 4) is 0 Å². The Labute approximate surface area is 162 Å². The zero-order chi connectivity index (χ0) is 18.6. The summed E-state index contributed by atoms with van der Waals surface area (Å²) in [4.78, 5) is 28.3. The first-order valence-corrected chi connectivity index (χ1v) is 10.5. The molecule has 2 fully saturated rings. The number of piperidine rings is 1. The minimum absolute atomic E-state index is 0.0937. The summed E-state index contributed by atoms with van der Waals surface area (Å²) >= 11 is 0. The van der Waals surface area contributed by atoms with Crippen LogP contribution >= 0.6 is 0 Å². The number of carbonyl (C=O) groups is 2. The predicted octanol–water partition coefficient (Wildman–Crippen LogP) is 3.68. The summed E-state index contributed by atoms with van der Waals surface area (Å²) in [6, 6.07) is 10.4. The number of fused-ring (bicyclic) bond motifs is 1. The number of nitrogens with zero attached hydrogens (tertiary/aromatic N) is 1. The van der Waals surface area contributed by atoms with Gasteiger partial charge in [0.1, 0.15) is 0 Å². The maximum Gasteiger partial charge on any atom is 0.227 e. The van der Waals surface area contributed by atoms with Crippen LogP contribution in [0.5, 0.6) is 0 Å². The van der Waals surface area contributed by atoms with Crippen molar-refractivity contribution in [2.45, 2.75) is 57.5 Å². The van der Waals surface area contributed by atoms with E-state index in [1.54, 1.807) is 0 Å². The van der Waals surface area contributed by atoms with Gasteiger partial charge >= 0.3 is 0 Å². The number of allylic oxidation sites excluding steroid dienone is 2. The number of nitrogens with one attached hydrogen (secondary N) is 1. The maximum absolute atomic E-state index is 13.3. The molecule has 3 aliphatic rings. The van der Waals surface area contributed by atoms with E-state index in [0.717, 1.165) is 31.4 Å². The Morgan fingerprint density at radius 2 is 1.85 bits per heavy atom. The Kier molecular flexibility index (Phi) is 5.61. The molecule has 1 aliphatic heterocycles. The number of rotatable bonds is 4. The molecular formula is C23H30N2O2. The smallest absolute Gasteiger partial charge is 0.227 e. The Hall–Kier alpha value is -2.10. The minimum atomic E-state index is -0.215. The lowest BCUT2D eigenvalue weighted by molar-refractivity contribution is -0.148. The van der Waals surface area contributed by atoms with Crippen molar-refractivity contribution in [3.63, 3.8) is 0 Å². The van der Waals surface area contributed by atoms with E-state index < -0.39 is 0 Å². The number of carbonyl (C=O) groups excluding carboxylic acids is 2. The summed E-state index contributed by atoms with van der Waals surface area (Å²) in [7, 11) is 0. The molecule has 4 nitrogen and oxygen atoms in total. The van der Waals surface area contributed by atoms with E-state index in [9.17, 15) is 9.59 Å². The van der Waals surface area contributed by atoms with Crippen LogP contribution in [0.15, 0.2) is 42.5 Å². The minimum Gasteiger partial charge on any atom is -0.353 e. The van der Waals surface area contributed by atoms with Crippen LogP contribution in [0.1, 0.15) is 50.5 Å². The summed E-state index contributed by atoms with van der Waals surface area (Å²) in [6.07, 6.45) is 11.8. The molecule has 2 aliphatic carbocycles. The number of amides is 2. The number of hydrogen-bond acceptors (Lipinski definition) is 2. The van der Waals surface area contributed by atoms with Gasteiger partial charge in [-0.2, -0.15) is 0 Å². The molecule has 1 saturated carbocycles. The second kappa shape index (κ2) is 8.28. The third-order valence-electron chi connectivity index (χ3n) is 6.50. The highest BCUT2D eigenvalue weighted by atomic mass is 16.2. The molecule has 1 saturated heterocycles. The van der Waals surface area contributed by atoms with Crippen LogP contribution < -0.4 is 5.32 Å². The van der Waals surface area contributed by atoms with Crippen LogP contribution in [0.25, 0.3) is 0 Å². The molecule has 1 aromatic carbocycles. The lowest BCUT2D eigenvalue weighted by Crippen LogP contribution is -2.52. The first kappa shape index (κ1) is 18.3. The molecule has 3 atom stereocenters. The monoisotopic (exact) mass is 366 g/mol. The third kappa shape index (κ3) is 4.10. The Morgan fingerprint density at radius 3 is 2.63 bits per heavy atom. The van der Waals surface area contributed by atoms with Gasteiger partial charge < -0.3 is 10.2 Å². The Bertz CT molecular complexity index is 694. The fraction of sp³-hybridized carbons (Fsp3) is 0.565. The summed E-state index contributed by atoms with van der Waals surface area (Å²) in [6.45, 7) is 1.42. The normalized spacial score (nSPS) is 28.7. The Balaban J connectivity index is 1.46. The molecule has 4 rings (SSSR count). The van der Waals surface area contributed by atoms with Crippen molar-refractivity contribution in [3.05, 3.63) is 48.0 Å². The largest absolute Gasteiger partial charge is 0.353 e. The van der Waals surface area contributed by atoms with Gasteiger partial charge in [-0.15, -0.1) is 0 Å². The van der Waals surface area contributed by atoms with E-state index >= 15 is 0 Å². The fourth-order valence-corrected chi connectivity index (χ4v) is 5.01. The molecule has 0 radical (unpaired) electrons. The molecular weight excluding hydrogens is 336 g/mol. The van der Waals surface area contributed by atoms with Gasteiger partial charge in [0, 0.05) is 19.1 Å². The van der Waals surface area contributed by atoms with Crippen LogP contribution in [-0.2, 0) is 16.1 Å². The third-order valence-corrected chi connectivity index (χ3v) is 6.50. The van der Waals surface area contributed by atoms with Crippen molar-refractivity contribution in [2.24, 2.45) is 17.8 Å². The Morgan fingerprint density at radius 1 is 1.07 bits per heavy atom. The number of hydrogen-bond donors (Lipinski definition) is 1. The first-order chi connectivity index (χ1) is 13.2. The van der Waals surface area contributed by atoms with Crippen molar-refractivity contribution >= 4 is 11.8 Å². The van der Waals surface area contributed by atoms with Crippen LogP contribution in [-0.4, -0.2) is 29.3 Å². The van der Waals surface area contributed by atoms with E-state index in [2.05, 4.69) is 29.6 Å². The van der Waals surface area contributed by atoms with Gasteiger partial charge in [0.25, 0.3) is 0 Å². The van der Waals surface area contributed by atoms with E-state index in [0.29, 0.717) is 19.0 Å². The molecule has 27 heavy (non-hydrogen) atoms. The standard InChI is InChI=1S/C23H30N2O2/c26-22(24-19-11-5-2-6-12-19)20-13-7-10-18-14-15-25(23(27)21(18)20)16-17-8-3-1-4-9-17/h1,3-4,7-10,18-21H,2,5-6,11-16H2,(H,24,26)/t18-,20?,21+/m1/s1. The van der Waals surface area contributed by atoms with E-state index in [1.807, 2.05) is 23.1 Å². The zero-order valence-electron chi connectivity index (χ0n) is 16.0. The second-order valence-electron chi connectivity index (χ2n) is 8.34. The molecule has 1 unspecified atom stereocenters. The van der Waals surface area contributed by atoms with Gasteiger partial charge in [-0.3, -0.25) is 9.59 Å². The zero-order valence-corrected chi connectivity index (χ0v) is 16.0. The van der Waals surface area contributed by atoms with Crippen molar-refractivity contribution in [1.82, 2.24) is 10.2 Å². The average molecular weight is 367 g/mol. The van der Waals surface area contributed by atoms with Crippen LogP contribution in [0.2, 0.25) is 0 Å². The highest BCUT2D eigenvalue weighted by molar-refractivity contribution is 5.89. The van der Waals surface area contributed by atoms with Gasteiger partial charge in [-0.25, -0.2) is 0 Å². The molecule has 2 amide bonds. The molecule has 0 bridgehead atoms. The molecule has 1 N–H and O–H groups in total. The summed E-state index contributed by atoms with van der Waals surface area (Å²) in [5.74, 6) is 0.0452. The highest BCUT2D eigenvalue weighted by Crippen LogP contribution is 2.38. The molecule has 4 heteroatoms. The van der Waals surface area contributed by atoms with Gasteiger partial charge in [-0.1, -0.05) is 61.7 Å². The summed E-state index contributed by atoms with van der Waals surface area (Å²) in [5.41, 5.74) is 1.15. The molecule has 1 aromatic rings. The topological polar surface area (TPSA) is 49.4 Å². The highest BCUT2D eigenvalue weighted by Gasteiger charge is 2.44. The van der Waals surface area contributed by atoms with Gasteiger partial charge in [0.15, 0.2) is 0 Å². The van der Waals surface area contributed by atoms with Crippen LogP contribution in [0, 0.1) is 17.8 Å². The number of likely N-dealkylation sites (tertiary alicyclic amines) is 1. The summed E-state index contributed by atoms with van der Waals surface area (Å²) in [5, 5.41) is 3.26. The van der Waals surface area contributed by atoms with E-state index in [1.165, 1.54) is 19.3 Å². The van der Waals surface area contributed by atoms with Gasteiger partial charge in [0.05, 0.1) is 11.8 Å². The van der Waals surface area contributed by atoms with Crippen molar-refractivity contribution < 1.29 is 9.59 Å². The van der Waals surface area contributed by atoms with Crippen molar-refractivity contribution in [2.75, 3.05) is 6.54 Å². The lowest BCUT2D eigenvalue weighted by Gasteiger charge is -2.42. The van der Waals surface area contributed by atoms with Gasteiger partial charge in [-0.05, 0) is 37.2 Å².